The minimum absolute atomic E-state index is 0.0187. The molecule has 0 aromatic carbocycles. The normalized spacial score (nSPS) is 13.5. The number of rotatable bonds is 44. The highest BCUT2D eigenvalue weighted by Gasteiger charge is 2.20. The van der Waals surface area contributed by atoms with E-state index < -0.39 is 18.2 Å². The predicted octanol–water partition coefficient (Wildman–Crippen LogP) is 14.0. The van der Waals surface area contributed by atoms with Crippen LogP contribution in [0.4, 0.5) is 0 Å². The molecule has 0 saturated heterocycles. The largest absolute Gasteiger partial charge is 0.394 e. The number of aliphatic hydroxyl groups excluding tert-OH is 3. The summed E-state index contributed by atoms with van der Waals surface area (Å²) in [5.74, 6) is -0.312. The number of carbonyl (C=O) groups is 1. The number of amides is 1. The SMILES string of the molecule is CCCCCCCCCCC/C=C/C(O)C(CO)NC(=O)CC(O)CCCCCCCCCCCCCCCCCCCCCCCCCCCCC. The molecule has 0 spiro atoms. The zero-order chi connectivity index (χ0) is 38.7. The molecule has 0 bridgehead atoms. The molecule has 0 aliphatic heterocycles. The van der Waals surface area contributed by atoms with Crippen LogP contribution in [0, 0.1) is 0 Å². The lowest BCUT2D eigenvalue weighted by molar-refractivity contribution is -0.124. The fraction of sp³-hybridized carbons (Fsp3) is 0.938. The fourth-order valence-corrected chi connectivity index (χ4v) is 7.64. The van der Waals surface area contributed by atoms with E-state index in [0.717, 1.165) is 25.7 Å². The average Bonchev–Trinajstić information content (AvgIpc) is 3.15. The predicted molar refractivity (Wildman–Crippen MR) is 232 cm³/mol. The monoisotopic (exact) mass is 750 g/mol. The van der Waals surface area contributed by atoms with Gasteiger partial charge in [-0.05, 0) is 19.3 Å². The second-order valence-corrected chi connectivity index (χ2v) is 16.7. The van der Waals surface area contributed by atoms with Crippen molar-refractivity contribution < 1.29 is 20.1 Å². The summed E-state index contributed by atoms with van der Waals surface area (Å²) in [7, 11) is 0. The number of aliphatic hydroxyl groups is 3. The van der Waals surface area contributed by atoms with Gasteiger partial charge in [0.1, 0.15) is 0 Å². The van der Waals surface area contributed by atoms with Gasteiger partial charge in [-0.15, -0.1) is 0 Å². The average molecular weight is 750 g/mol. The molecule has 316 valence electrons. The zero-order valence-corrected chi connectivity index (χ0v) is 35.9. The van der Waals surface area contributed by atoms with Crippen molar-refractivity contribution in [3.8, 4) is 0 Å². The van der Waals surface area contributed by atoms with Crippen molar-refractivity contribution in [2.24, 2.45) is 0 Å². The Labute approximate surface area is 331 Å². The van der Waals surface area contributed by atoms with E-state index in [1.165, 1.54) is 212 Å². The van der Waals surface area contributed by atoms with Crippen LogP contribution in [-0.4, -0.2) is 46.1 Å². The van der Waals surface area contributed by atoms with Crippen molar-refractivity contribution in [1.82, 2.24) is 5.32 Å². The summed E-state index contributed by atoms with van der Waals surface area (Å²) >= 11 is 0. The maximum absolute atomic E-state index is 12.4. The van der Waals surface area contributed by atoms with Crippen molar-refractivity contribution in [2.75, 3.05) is 6.61 Å². The van der Waals surface area contributed by atoms with E-state index in [-0.39, 0.29) is 18.9 Å². The van der Waals surface area contributed by atoms with Gasteiger partial charge in [-0.2, -0.15) is 0 Å². The Balaban J connectivity index is 3.50. The maximum Gasteiger partial charge on any atom is 0.222 e. The number of allylic oxidation sites excluding steroid dienone is 1. The van der Waals surface area contributed by atoms with Gasteiger partial charge < -0.3 is 20.6 Å². The summed E-state index contributed by atoms with van der Waals surface area (Å²) in [6.45, 7) is 4.22. The highest BCUT2D eigenvalue weighted by Crippen LogP contribution is 2.17. The Morgan fingerprint density at radius 3 is 1.09 bits per heavy atom. The van der Waals surface area contributed by atoms with E-state index in [0.29, 0.717) is 6.42 Å². The highest BCUT2D eigenvalue weighted by atomic mass is 16.3. The van der Waals surface area contributed by atoms with Crippen molar-refractivity contribution in [1.29, 1.82) is 0 Å². The number of unbranched alkanes of at least 4 members (excludes halogenated alkanes) is 35. The van der Waals surface area contributed by atoms with Crippen LogP contribution in [0.25, 0.3) is 0 Å². The zero-order valence-electron chi connectivity index (χ0n) is 35.9. The van der Waals surface area contributed by atoms with E-state index in [2.05, 4.69) is 19.2 Å². The molecule has 0 rings (SSSR count). The van der Waals surface area contributed by atoms with Gasteiger partial charge in [0, 0.05) is 0 Å². The van der Waals surface area contributed by atoms with Crippen LogP contribution in [0.2, 0.25) is 0 Å². The molecule has 0 radical (unpaired) electrons. The van der Waals surface area contributed by atoms with Gasteiger partial charge in [0.2, 0.25) is 5.91 Å². The quantitative estimate of drug-likeness (QED) is 0.0369. The molecule has 0 saturated carbocycles. The van der Waals surface area contributed by atoms with Crippen LogP contribution in [0.15, 0.2) is 12.2 Å². The van der Waals surface area contributed by atoms with Crippen molar-refractivity contribution in [2.45, 2.75) is 283 Å². The van der Waals surface area contributed by atoms with Gasteiger partial charge in [0.25, 0.3) is 0 Å². The molecule has 5 heteroatoms. The number of hydrogen-bond donors (Lipinski definition) is 4. The summed E-state index contributed by atoms with van der Waals surface area (Å²) in [4.78, 5) is 12.4. The maximum atomic E-state index is 12.4. The van der Waals surface area contributed by atoms with Gasteiger partial charge in [0.15, 0.2) is 0 Å². The van der Waals surface area contributed by atoms with E-state index >= 15 is 0 Å². The summed E-state index contributed by atoms with van der Waals surface area (Å²) in [5.41, 5.74) is 0. The van der Waals surface area contributed by atoms with Gasteiger partial charge in [-0.25, -0.2) is 0 Å². The van der Waals surface area contributed by atoms with Crippen LogP contribution >= 0.6 is 0 Å². The van der Waals surface area contributed by atoms with Crippen LogP contribution in [0.1, 0.15) is 264 Å². The summed E-state index contributed by atoms with van der Waals surface area (Å²) < 4.78 is 0. The van der Waals surface area contributed by atoms with E-state index in [1.807, 2.05) is 6.08 Å². The molecule has 3 atom stereocenters. The molecule has 3 unspecified atom stereocenters. The third kappa shape index (κ3) is 40.6. The summed E-state index contributed by atoms with van der Waals surface area (Å²) in [6, 6.07) is -0.738. The first-order chi connectivity index (χ1) is 26.0. The van der Waals surface area contributed by atoms with Crippen molar-refractivity contribution in [3.63, 3.8) is 0 Å². The molecule has 0 aromatic rings. The molecule has 4 N–H and O–H groups in total. The molecule has 0 heterocycles. The van der Waals surface area contributed by atoms with Gasteiger partial charge in [-0.1, -0.05) is 251 Å². The summed E-state index contributed by atoms with van der Waals surface area (Å²) in [5, 5.41) is 33.2. The minimum Gasteiger partial charge on any atom is -0.394 e. The lowest BCUT2D eigenvalue weighted by Crippen LogP contribution is -2.45. The molecule has 0 fully saturated rings. The first-order valence-electron chi connectivity index (χ1n) is 24.0. The molecule has 1 amide bonds. The third-order valence-corrected chi connectivity index (χ3v) is 11.3. The Hall–Kier alpha value is -0.910. The second kappa shape index (κ2) is 43.8. The topological polar surface area (TPSA) is 89.8 Å². The molecular formula is C48H95NO4. The molecule has 0 aliphatic rings. The molecular weight excluding hydrogens is 655 g/mol. The van der Waals surface area contributed by atoms with Gasteiger partial charge >= 0.3 is 0 Å². The Morgan fingerprint density at radius 2 is 0.774 bits per heavy atom. The number of carbonyl (C=O) groups excluding carboxylic acids is 1. The Bertz CT molecular complexity index is 743. The van der Waals surface area contributed by atoms with Crippen molar-refractivity contribution in [3.05, 3.63) is 12.2 Å². The standard InChI is InChI=1S/C48H95NO4/c1-3-5-7-9-11-13-15-16-17-18-19-20-21-22-23-24-25-26-27-28-29-30-32-33-35-37-39-41-45(51)43-48(53)49-46(44-50)47(52)42-40-38-36-34-31-14-12-10-8-6-4-2/h40,42,45-47,50-52H,3-39,41,43-44H2,1-2H3,(H,49,53)/b42-40+. The smallest absolute Gasteiger partial charge is 0.222 e. The van der Waals surface area contributed by atoms with Crippen LogP contribution < -0.4 is 5.32 Å². The van der Waals surface area contributed by atoms with Gasteiger partial charge in [0.05, 0.1) is 31.3 Å². The highest BCUT2D eigenvalue weighted by molar-refractivity contribution is 5.76. The molecule has 0 aliphatic carbocycles. The second-order valence-electron chi connectivity index (χ2n) is 16.7. The van der Waals surface area contributed by atoms with Crippen LogP contribution in [-0.2, 0) is 4.79 Å². The first kappa shape index (κ1) is 52.1. The van der Waals surface area contributed by atoms with Gasteiger partial charge in [-0.3, -0.25) is 4.79 Å². The fourth-order valence-electron chi connectivity index (χ4n) is 7.64. The first-order valence-corrected chi connectivity index (χ1v) is 24.0. The molecule has 53 heavy (non-hydrogen) atoms. The third-order valence-electron chi connectivity index (χ3n) is 11.3. The Kier molecular flexibility index (Phi) is 43.1. The number of nitrogens with one attached hydrogen (secondary N) is 1. The van der Waals surface area contributed by atoms with E-state index in [9.17, 15) is 20.1 Å². The molecule has 0 aromatic heterocycles. The lowest BCUT2D eigenvalue weighted by Gasteiger charge is -2.21. The molecule has 5 nitrogen and oxygen atoms in total. The van der Waals surface area contributed by atoms with Crippen LogP contribution in [0.3, 0.4) is 0 Å². The van der Waals surface area contributed by atoms with E-state index in [1.54, 1.807) is 6.08 Å². The number of hydrogen-bond acceptors (Lipinski definition) is 4. The lowest BCUT2D eigenvalue weighted by atomic mass is 10.0. The van der Waals surface area contributed by atoms with E-state index in [4.69, 9.17) is 0 Å². The summed E-state index contributed by atoms with van der Waals surface area (Å²) in [6.07, 6.45) is 52.4. The minimum atomic E-state index is -0.923. The Morgan fingerprint density at radius 1 is 0.472 bits per heavy atom. The van der Waals surface area contributed by atoms with Crippen molar-refractivity contribution >= 4 is 5.91 Å². The van der Waals surface area contributed by atoms with Crippen LogP contribution in [0.5, 0.6) is 0 Å².